The van der Waals surface area contributed by atoms with Crippen molar-refractivity contribution in [1.82, 2.24) is 10.4 Å². The summed E-state index contributed by atoms with van der Waals surface area (Å²) < 4.78 is 6.66. The predicted octanol–water partition coefficient (Wildman–Crippen LogP) is 3.68. The molecule has 3 aliphatic rings. The van der Waals surface area contributed by atoms with Gasteiger partial charge in [0, 0.05) is 16.1 Å². The molecule has 1 saturated heterocycles. The predicted molar refractivity (Wildman–Crippen MR) is 112 cm³/mol. The number of fused-ring (bicyclic) bond motifs is 4. The topological polar surface area (TPSA) is 28.9 Å². The molecule has 146 valence electrons. The van der Waals surface area contributed by atoms with Crippen molar-refractivity contribution in [3.05, 3.63) is 69.7 Å². The first-order chi connectivity index (χ1) is 13.6. The van der Waals surface area contributed by atoms with Gasteiger partial charge in [-0.3, -0.25) is 0 Å². The Kier molecular flexibility index (Phi) is 4.55. The highest BCUT2D eigenvalue weighted by atomic mass is 35.5. The average molecular weight is 417 g/mol. The van der Waals surface area contributed by atoms with E-state index in [1.807, 2.05) is 12.1 Å². The Bertz CT molecular complexity index is 937. The molecule has 0 bridgehead atoms. The minimum Gasteiger partial charge on any atom is -0.470 e. The van der Waals surface area contributed by atoms with Gasteiger partial charge < -0.3 is 15.1 Å². The fraction of sp³-hybridized carbons (Fsp3) is 0.364. The lowest BCUT2D eigenvalue weighted by molar-refractivity contribution is -0.906. The van der Waals surface area contributed by atoms with Crippen LogP contribution < -0.4 is 15.1 Å². The number of benzene rings is 2. The van der Waals surface area contributed by atoms with Crippen molar-refractivity contribution < 1.29 is 9.64 Å². The molecule has 2 aromatic rings. The highest BCUT2D eigenvalue weighted by Crippen LogP contribution is 2.48. The van der Waals surface area contributed by atoms with E-state index < -0.39 is 0 Å². The smallest absolute Gasteiger partial charge is 0.191 e. The lowest BCUT2D eigenvalue weighted by Crippen LogP contribution is -3.13. The van der Waals surface area contributed by atoms with Crippen molar-refractivity contribution >= 4 is 28.9 Å². The summed E-state index contributed by atoms with van der Waals surface area (Å²) in [6, 6.07) is 14.1. The third kappa shape index (κ3) is 2.91. The summed E-state index contributed by atoms with van der Waals surface area (Å²) in [6.45, 7) is 5.64. The van der Waals surface area contributed by atoms with E-state index in [1.54, 1.807) is 11.0 Å². The monoisotopic (exact) mass is 416 g/mol. The molecule has 3 heterocycles. The van der Waals surface area contributed by atoms with Gasteiger partial charge in [0.2, 0.25) is 0 Å². The molecular weight excluding hydrogens is 393 g/mol. The van der Waals surface area contributed by atoms with Gasteiger partial charge in [0.15, 0.2) is 5.72 Å². The van der Waals surface area contributed by atoms with Crippen LogP contribution in [0.4, 0.5) is 0 Å². The standard InChI is InChI=1S/C22H23Cl2N3O/c1-2-26-11-9-22(10-12-26)27-20(17-5-3-4-6-21(17)28-22)14-19(25-27)16-8-7-15(23)13-18(16)24/h3-8,13-14,20,25H,2,9-12H2,1H3/p+1/t20-/m0/s1. The van der Waals surface area contributed by atoms with Gasteiger partial charge in [0.05, 0.1) is 49.2 Å². The Labute approximate surface area is 175 Å². The van der Waals surface area contributed by atoms with E-state index in [9.17, 15) is 0 Å². The zero-order chi connectivity index (χ0) is 19.3. The van der Waals surface area contributed by atoms with Crippen LogP contribution in [-0.4, -0.2) is 30.4 Å². The number of nitrogens with one attached hydrogen (secondary N) is 2. The Morgan fingerprint density at radius 2 is 1.96 bits per heavy atom. The summed E-state index contributed by atoms with van der Waals surface area (Å²) in [6.07, 6.45) is 4.24. The van der Waals surface area contributed by atoms with Crippen molar-refractivity contribution in [3.63, 3.8) is 0 Å². The van der Waals surface area contributed by atoms with Crippen LogP contribution in [0, 0.1) is 0 Å². The van der Waals surface area contributed by atoms with Crippen LogP contribution in [-0.2, 0) is 0 Å². The van der Waals surface area contributed by atoms with E-state index in [-0.39, 0.29) is 11.8 Å². The first kappa shape index (κ1) is 18.3. The summed E-state index contributed by atoms with van der Waals surface area (Å²) in [5, 5.41) is 3.60. The van der Waals surface area contributed by atoms with E-state index in [0.717, 1.165) is 49.5 Å². The fourth-order valence-electron chi connectivity index (χ4n) is 4.67. The molecule has 4 nitrogen and oxygen atoms in total. The normalized spacial score (nSPS) is 28.9. The number of halogens is 2. The highest BCUT2D eigenvalue weighted by molar-refractivity contribution is 6.35. The van der Waals surface area contributed by atoms with E-state index in [0.29, 0.717) is 10.0 Å². The van der Waals surface area contributed by atoms with Crippen molar-refractivity contribution in [2.45, 2.75) is 31.5 Å². The number of hydrogen-bond donors (Lipinski definition) is 2. The SMILES string of the molecule is CC[NH+]1CCC2(CC1)Oc1ccccc1[C@@H]1C=C(c3ccc(Cl)cc3Cl)NN12. The number of nitrogens with zero attached hydrogens (tertiary/aromatic N) is 1. The molecule has 1 spiro atoms. The zero-order valence-corrected chi connectivity index (χ0v) is 17.4. The second kappa shape index (κ2) is 6.96. The maximum atomic E-state index is 6.66. The highest BCUT2D eigenvalue weighted by Gasteiger charge is 2.52. The number of para-hydroxylation sites is 1. The van der Waals surface area contributed by atoms with Gasteiger partial charge in [-0.05, 0) is 37.3 Å². The first-order valence-electron chi connectivity index (χ1n) is 9.94. The molecule has 0 radical (unpaired) electrons. The maximum Gasteiger partial charge on any atom is 0.191 e. The zero-order valence-electron chi connectivity index (χ0n) is 15.8. The summed E-state index contributed by atoms with van der Waals surface area (Å²) >= 11 is 12.6. The molecule has 0 saturated carbocycles. The summed E-state index contributed by atoms with van der Waals surface area (Å²) in [5.41, 5.74) is 6.46. The van der Waals surface area contributed by atoms with Crippen LogP contribution >= 0.6 is 23.2 Å². The van der Waals surface area contributed by atoms with Gasteiger partial charge in [0.1, 0.15) is 5.75 Å². The number of piperidine rings is 1. The van der Waals surface area contributed by atoms with Crippen molar-refractivity contribution in [3.8, 4) is 5.75 Å². The molecule has 0 aromatic heterocycles. The number of likely N-dealkylation sites (tertiary alicyclic amines) is 1. The Morgan fingerprint density at radius 3 is 2.71 bits per heavy atom. The van der Waals surface area contributed by atoms with Crippen LogP contribution in [0.5, 0.6) is 5.75 Å². The van der Waals surface area contributed by atoms with Crippen molar-refractivity contribution in [2.24, 2.45) is 0 Å². The van der Waals surface area contributed by atoms with Crippen LogP contribution in [0.2, 0.25) is 10.0 Å². The second-order valence-corrected chi connectivity index (χ2v) is 8.66. The molecule has 3 aliphatic heterocycles. The molecule has 1 fully saturated rings. The van der Waals surface area contributed by atoms with Crippen LogP contribution in [0.15, 0.2) is 48.5 Å². The molecular formula is C22H24Cl2N3O+. The van der Waals surface area contributed by atoms with Gasteiger partial charge in [-0.15, -0.1) is 0 Å². The molecule has 0 aliphatic carbocycles. The minimum absolute atomic E-state index is 0.120. The fourth-order valence-corrected chi connectivity index (χ4v) is 5.18. The molecule has 5 rings (SSSR count). The van der Waals surface area contributed by atoms with Crippen molar-refractivity contribution in [1.29, 1.82) is 0 Å². The van der Waals surface area contributed by atoms with Gasteiger partial charge in [-0.2, -0.15) is 5.01 Å². The Balaban J connectivity index is 1.55. The molecule has 28 heavy (non-hydrogen) atoms. The number of quaternary nitrogens is 1. The third-order valence-corrected chi connectivity index (χ3v) is 6.83. The lowest BCUT2D eigenvalue weighted by Gasteiger charge is -2.50. The first-order valence-corrected chi connectivity index (χ1v) is 10.7. The van der Waals surface area contributed by atoms with E-state index in [4.69, 9.17) is 27.9 Å². The largest absolute Gasteiger partial charge is 0.470 e. The summed E-state index contributed by atoms with van der Waals surface area (Å²) in [7, 11) is 0. The van der Waals surface area contributed by atoms with Gasteiger partial charge in [-0.1, -0.05) is 41.4 Å². The Morgan fingerprint density at radius 1 is 1.18 bits per heavy atom. The quantitative estimate of drug-likeness (QED) is 0.781. The molecule has 2 N–H and O–H groups in total. The van der Waals surface area contributed by atoms with Crippen molar-refractivity contribution in [2.75, 3.05) is 19.6 Å². The Hall–Kier alpha value is -1.72. The van der Waals surface area contributed by atoms with Gasteiger partial charge in [-0.25, -0.2) is 0 Å². The molecule has 6 heteroatoms. The summed E-state index contributed by atoms with van der Waals surface area (Å²) in [4.78, 5) is 1.64. The lowest BCUT2D eigenvalue weighted by atomic mass is 9.93. The molecule has 0 amide bonds. The van der Waals surface area contributed by atoms with Crippen LogP contribution in [0.25, 0.3) is 5.70 Å². The second-order valence-electron chi connectivity index (χ2n) is 7.82. The number of hydrazine groups is 1. The van der Waals surface area contributed by atoms with E-state index in [1.165, 1.54) is 5.56 Å². The van der Waals surface area contributed by atoms with Crippen LogP contribution in [0.3, 0.4) is 0 Å². The molecule has 0 unspecified atom stereocenters. The third-order valence-electron chi connectivity index (χ3n) is 6.28. The molecule has 2 aromatic carbocycles. The number of rotatable bonds is 2. The number of hydrogen-bond acceptors (Lipinski definition) is 3. The average Bonchev–Trinajstić information content (AvgIpc) is 3.15. The minimum atomic E-state index is -0.338. The summed E-state index contributed by atoms with van der Waals surface area (Å²) in [5.74, 6) is 0.991. The molecule has 1 atom stereocenters. The maximum absolute atomic E-state index is 6.66. The van der Waals surface area contributed by atoms with Crippen LogP contribution in [0.1, 0.15) is 36.9 Å². The number of ether oxygens (including phenoxy) is 1. The van der Waals surface area contributed by atoms with Gasteiger partial charge >= 0.3 is 0 Å². The van der Waals surface area contributed by atoms with E-state index in [2.05, 4.69) is 47.7 Å². The van der Waals surface area contributed by atoms with Gasteiger partial charge in [0.25, 0.3) is 0 Å². The van der Waals surface area contributed by atoms with E-state index >= 15 is 0 Å².